The van der Waals surface area contributed by atoms with Crippen LogP contribution in [0.25, 0.3) is 21.8 Å². The second-order valence-electron chi connectivity index (χ2n) is 11.5. The summed E-state index contributed by atoms with van der Waals surface area (Å²) in [5, 5.41) is 28.6. The number of aromatic nitrogens is 4. The molecule has 2 aromatic carbocycles. The fraction of sp³-hybridized carbons (Fsp3) is 0.273. The van der Waals surface area contributed by atoms with Crippen molar-refractivity contribution in [3.05, 3.63) is 90.3 Å². The zero-order valence-electron chi connectivity index (χ0n) is 25.7. The van der Waals surface area contributed by atoms with Crippen LogP contribution >= 0.6 is 0 Å². The molecule has 15 nitrogen and oxygen atoms in total. The summed E-state index contributed by atoms with van der Waals surface area (Å²) >= 11 is 0. The largest absolute Gasteiger partial charge is 0.481 e. The van der Waals surface area contributed by atoms with Crippen molar-refractivity contribution in [1.29, 1.82) is 0 Å². The van der Waals surface area contributed by atoms with E-state index in [9.17, 15) is 34.2 Å². The lowest BCUT2D eigenvalue weighted by Gasteiger charge is -2.25. The minimum Gasteiger partial charge on any atom is -0.481 e. The van der Waals surface area contributed by atoms with E-state index in [1.807, 2.05) is 42.5 Å². The number of nitrogens with one attached hydrogen (secondary N) is 6. The van der Waals surface area contributed by atoms with E-state index in [2.05, 4.69) is 35.9 Å². The summed E-state index contributed by atoms with van der Waals surface area (Å²) in [6.45, 7) is 0. The van der Waals surface area contributed by atoms with E-state index in [1.165, 1.54) is 12.5 Å². The minimum absolute atomic E-state index is 0.00392. The molecule has 4 atom stereocenters. The molecule has 0 saturated carbocycles. The highest BCUT2D eigenvalue weighted by atomic mass is 16.4. The topological polar surface area (TPSA) is 248 Å². The number of hydrogen-bond donors (Lipinski definition) is 9. The van der Waals surface area contributed by atoms with Crippen molar-refractivity contribution < 1.29 is 34.2 Å². The van der Waals surface area contributed by atoms with Gasteiger partial charge in [-0.1, -0.05) is 36.4 Å². The zero-order valence-corrected chi connectivity index (χ0v) is 25.7. The van der Waals surface area contributed by atoms with Crippen LogP contribution in [0.4, 0.5) is 0 Å². The number of imidazole rings is 1. The summed E-state index contributed by atoms with van der Waals surface area (Å²) in [7, 11) is 0. The van der Waals surface area contributed by atoms with E-state index in [4.69, 9.17) is 5.73 Å². The molecule has 0 fully saturated rings. The van der Waals surface area contributed by atoms with Crippen LogP contribution in [-0.2, 0) is 43.2 Å². The van der Waals surface area contributed by atoms with Gasteiger partial charge in [-0.3, -0.25) is 19.2 Å². The summed E-state index contributed by atoms with van der Waals surface area (Å²) in [4.78, 5) is 77.2. The van der Waals surface area contributed by atoms with Crippen molar-refractivity contribution in [2.75, 3.05) is 0 Å². The van der Waals surface area contributed by atoms with E-state index in [0.29, 0.717) is 16.8 Å². The van der Waals surface area contributed by atoms with Crippen LogP contribution in [0.15, 0.2) is 73.4 Å². The molecule has 15 heteroatoms. The van der Waals surface area contributed by atoms with Crippen LogP contribution < -0.4 is 21.7 Å². The number of hydrogen-bond acceptors (Lipinski definition) is 7. The van der Waals surface area contributed by atoms with Gasteiger partial charge in [-0.2, -0.15) is 0 Å². The molecule has 5 aromatic rings. The minimum atomic E-state index is -1.43. The highest BCUT2D eigenvalue weighted by Crippen LogP contribution is 2.21. The van der Waals surface area contributed by atoms with E-state index in [1.54, 1.807) is 18.5 Å². The average molecular weight is 657 g/mol. The lowest BCUT2D eigenvalue weighted by Crippen LogP contribution is -2.58. The lowest BCUT2D eigenvalue weighted by atomic mass is 10.0. The Balaban J connectivity index is 1.35. The molecule has 0 spiro atoms. The fourth-order valence-corrected chi connectivity index (χ4v) is 5.54. The summed E-state index contributed by atoms with van der Waals surface area (Å²) in [6, 6.07) is 9.58. The van der Waals surface area contributed by atoms with Crippen LogP contribution in [0.2, 0.25) is 0 Å². The number of aliphatic carboxylic acids is 2. The van der Waals surface area contributed by atoms with Crippen LogP contribution in [0.5, 0.6) is 0 Å². The Hall–Kier alpha value is -5.96. The smallest absolute Gasteiger partial charge is 0.326 e. The molecule has 0 radical (unpaired) electrons. The van der Waals surface area contributed by atoms with Crippen molar-refractivity contribution >= 4 is 51.5 Å². The summed E-state index contributed by atoms with van der Waals surface area (Å²) in [5.41, 5.74) is 9.70. The number of nitrogens with two attached hydrogens (primary N) is 1. The number of H-pyrrole nitrogens is 3. The number of carboxylic acid groups (broad SMARTS) is 2. The Kier molecular flexibility index (Phi) is 10.5. The first-order valence-corrected chi connectivity index (χ1v) is 15.3. The molecule has 48 heavy (non-hydrogen) atoms. The molecule has 3 amide bonds. The summed E-state index contributed by atoms with van der Waals surface area (Å²) < 4.78 is 0. The number of carboxylic acids is 2. The number of carbonyl (C=O) groups is 5. The highest BCUT2D eigenvalue weighted by Gasteiger charge is 2.32. The van der Waals surface area contributed by atoms with Crippen LogP contribution in [0.1, 0.15) is 29.7 Å². The second-order valence-corrected chi connectivity index (χ2v) is 11.5. The molecule has 4 unspecified atom stereocenters. The van der Waals surface area contributed by atoms with Crippen LogP contribution in [0.3, 0.4) is 0 Å². The van der Waals surface area contributed by atoms with Gasteiger partial charge < -0.3 is 46.8 Å². The lowest BCUT2D eigenvalue weighted by molar-refractivity contribution is -0.143. The van der Waals surface area contributed by atoms with Crippen molar-refractivity contribution in [3.63, 3.8) is 0 Å². The molecule has 3 heterocycles. The van der Waals surface area contributed by atoms with Gasteiger partial charge in [-0.05, 0) is 29.7 Å². The maximum atomic E-state index is 13.8. The number of nitrogens with zero attached hydrogens (tertiary/aromatic N) is 1. The van der Waals surface area contributed by atoms with Gasteiger partial charge >= 0.3 is 11.9 Å². The predicted molar refractivity (Wildman–Crippen MR) is 175 cm³/mol. The molecule has 250 valence electrons. The maximum absolute atomic E-state index is 13.8. The molecule has 10 N–H and O–H groups in total. The summed E-state index contributed by atoms with van der Waals surface area (Å²) in [6.07, 6.45) is 5.56. The van der Waals surface area contributed by atoms with Crippen molar-refractivity contribution in [2.24, 2.45) is 5.73 Å². The van der Waals surface area contributed by atoms with E-state index in [0.717, 1.165) is 21.8 Å². The molecule has 5 rings (SSSR count). The molecule has 0 aliphatic rings. The molecular weight excluding hydrogens is 620 g/mol. The van der Waals surface area contributed by atoms with Gasteiger partial charge in [0.25, 0.3) is 0 Å². The Morgan fingerprint density at radius 3 is 1.81 bits per heavy atom. The Labute approximate surface area is 273 Å². The molecule has 0 bridgehead atoms. The number of benzene rings is 2. The molecule has 0 saturated heterocycles. The van der Waals surface area contributed by atoms with E-state index >= 15 is 0 Å². The van der Waals surface area contributed by atoms with E-state index in [-0.39, 0.29) is 25.7 Å². The molecule has 3 aromatic heterocycles. The third kappa shape index (κ3) is 8.24. The van der Waals surface area contributed by atoms with Crippen molar-refractivity contribution in [3.8, 4) is 0 Å². The quantitative estimate of drug-likeness (QED) is 0.0737. The van der Waals surface area contributed by atoms with Gasteiger partial charge in [-0.25, -0.2) is 9.78 Å². The number of carbonyl (C=O) groups excluding carboxylic acids is 3. The normalized spacial score (nSPS) is 13.8. The first kappa shape index (κ1) is 33.4. The highest BCUT2D eigenvalue weighted by molar-refractivity contribution is 5.95. The monoisotopic (exact) mass is 656 g/mol. The number of amides is 3. The van der Waals surface area contributed by atoms with Gasteiger partial charge in [0, 0.05) is 71.8 Å². The average Bonchev–Trinajstić information content (AvgIpc) is 3.83. The third-order valence-electron chi connectivity index (χ3n) is 8.06. The number of aromatic amines is 3. The van der Waals surface area contributed by atoms with E-state index < -0.39 is 60.2 Å². The van der Waals surface area contributed by atoms with Gasteiger partial charge in [0.05, 0.1) is 12.4 Å². The molecular formula is C33H36N8O7. The van der Waals surface area contributed by atoms with Crippen molar-refractivity contribution in [1.82, 2.24) is 35.9 Å². The Morgan fingerprint density at radius 2 is 1.25 bits per heavy atom. The van der Waals surface area contributed by atoms with Gasteiger partial charge in [0.2, 0.25) is 17.7 Å². The maximum Gasteiger partial charge on any atom is 0.326 e. The van der Waals surface area contributed by atoms with Crippen LogP contribution in [-0.4, -0.2) is 84.0 Å². The molecule has 0 aliphatic heterocycles. The first-order valence-electron chi connectivity index (χ1n) is 15.3. The van der Waals surface area contributed by atoms with Crippen LogP contribution in [0, 0.1) is 0 Å². The van der Waals surface area contributed by atoms with Crippen molar-refractivity contribution in [2.45, 2.75) is 56.3 Å². The number of rotatable bonds is 16. The first-order chi connectivity index (χ1) is 23.1. The SMILES string of the molecule is NC(Cc1cnc[nH]1)C(=O)NC(Cc1c[nH]c2ccccc12)C(=O)NC(CCC(=O)O)C(=O)NC(Cc1c[nH]c2ccccc12)C(=O)O. The molecule has 0 aliphatic carbocycles. The second kappa shape index (κ2) is 15.1. The fourth-order valence-electron chi connectivity index (χ4n) is 5.54. The Morgan fingerprint density at radius 1 is 0.708 bits per heavy atom. The van der Waals surface area contributed by atoms with Gasteiger partial charge in [0.1, 0.15) is 18.1 Å². The predicted octanol–water partition coefficient (Wildman–Crippen LogP) is 1.13. The number of para-hydroxylation sites is 2. The standard InChI is InChI=1S/C33H36N8O7/c34-23(13-20-16-35-17-38-20)30(44)40-27(11-18-14-36-24-7-3-1-5-21(18)24)32(46)39-26(9-10-29(42)43)31(45)41-28(33(47)48)12-19-15-37-25-8-4-2-6-22(19)25/h1-8,14-17,23,26-28,36-37H,9-13,34H2,(H,35,38)(H,39,46)(H,40,44)(H,41,45)(H,42,43)(H,47,48). The third-order valence-corrected chi connectivity index (χ3v) is 8.06. The van der Waals surface area contributed by atoms with Gasteiger partial charge in [0.15, 0.2) is 0 Å². The zero-order chi connectivity index (χ0) is 34.2. The van der Waals surface area contributed by atoms with Gasteiger partial charge in [-0.15, -0.1) is 0 Å². The summed E-state index contributed by atoms with van der Waals surface area (Å²) in [5.74, 6) is -4.83. The number of fused-ring (bicyclic) bond motifs is 2. The Bertz CT molecular complexity index is 1910.